The van der Waals surface area contributed by atoms with Crippen LogP contribution in [-0.2, 0) is 16.6 Å². The molecule has 8 heteroatoms. The van der Waals surface area contributed by atoms with Gasteiger partial charge in [-0.1, -0.05) is 6.92 Å². The molecule has 0 saturated heterocycles. The fourth-order valence-electron chi connectivity index (χ4n) is 1.39. The van der Waals surface area contributed by atoms with Crippen molar-refractivity contribution in [3.8, 4) is 0 Å². The van der Waals surface area contributed by atoms with Crippen LogP contribution < -0.4 is 10.0 Å². The van der Waals surface area contributed by atoms with Crippen molar-refractivity contribution in [3.05, 3.63) is 34.7 Å². The lowest BCUT2D eigenvalue weighted by Crippen LogP contribution is -2.14. The molecule has 0 aromatic carbocycles. The molecule has 19 heavy (non-hydrogen) atoms. The van der Waals surface area contributed by atoms with Gasteiger partial charge in [0, 0.05) is 23.0 Å². The van der Waals surface area contributed by atoms with Crippen molar-refractivity contribution in [2.75, 3.05) is 11.3 Å². The highest BCUT2D eigenvalue weighted by atomic mass is 32.2. The first-order chi connectivity index (χ1) is 9.12. The Bertz CT molecular complexity index is 625. The second-order valence-corrected chi connectivity index (χ2v) is 6.42. The summed E-state index contributed by atoms with van der Waals surface area (Å²) in [5.41, 5.74) is 0. The van der Waals surface area contributed by atoms with E-state index < -0.39 is 10.0 Å². The molecular formula is C11H14N4O2S2. The Morgan fingerprint density at radius 2 is 2.26 bits per heavy atom. The zero-order valence-electron chi connectivity index (χ0n) is 10.3. The van der Waals surface area contributed by atoms with E-state index in [9.17, 15) is 8.42 Å². The Morgan fingerprint density at radius 1 is 1.42 bits per heavy atom. The highest BCUT2D eigenvalue weighted by Gasteiger charge is 2.16. The van der Waals surface area contributed by atoms with Gasteiger partial charge in [-0.05, 0) is 24.7 Å². The zero-order chi connectivity index (χ0) is 13.7. The third kappa shape index (κ3) is 3.72. The lowest BCUT2D eigenvalue weighted by atomic mass is 10.4. The summed E-state index contributed by atoms with van der Waals surface area (Å²) < 4.78 is 26.6. The van der Waals surface area contributed by atoms with Crippen LogP contribution in [0.3, 0.4) is 0 Å². The van der Waals surface area contributed by atoms with Gasteiger partial charge in [0.2, 0.25) is 0 Å². The molecule has 2 N–H and O–H groups in total. The Hall–Kier alpha value is -1.51. The summed E-state index contributed by atoms with van der Waals surface area (Å²) in [6, 6.07) is 4.83. The summed E-state index contributed by atoms with van der Waals surface area (Å²) in [5, 5.41) is 12.1. The van der Waals surface area contributed by atoms with Gasteiger partial charge in [-0.2, -0.15) is 5.10 Å². The smallest absolute Gasteiger partial charge is 0.263 e. The van der Waals surface area contributed by atoms with Gasteiger partial charge in [-0.3, -0.25) is 4.72 Å². The maximum absolute atomic E-state index is 12.1. The average Bonchev–Trinajstić information content (AvgIpc) is 2.86. The van der Waals surface area contributed by atoms with Gasteiger partial charge < -0.3 is 5.32 Å². The number of anilines is 1. The van der Waals surface area contributed by atoms with Crippen molar-refractivity contribution in [3.63, 3.8) is 0 Å². The third-order valence-corrected chi connectivity index (χ3v) is 4.72. The molecule has 0 fully saturated rings. The molecule has 0 spiro atoms. The van der Waals surface area contributed by atoms with Gasteiger partial charge in [-0.15, -0.1) is 16.4 Å². The number of sulfonamides is 1. The highest BCUT2D eigenvalue weighted by Crippen LogP contribution is 2.21. The molecule has 0 amide bonds. The Balaban J connectivity index is 2.13. The quantitative estimate of drug-likeness (QED) is 0.843. The minimum atomic E-state index is -3.59. The van der Waals surface area contributed by atoms with Gasteiger partial charge in [0.1, 0.15) is 0 Å². The van der Waals surface area contributed by atoms with Crippen LogP contribution >= 0.6 is 11.3 Å². The van der Waals surface area contributed by atoms with E-state index in [4.69, 9.17) is 0 Å². The van der Waals surface area contributed by atoms with Gasteiger partial charge in [0.05, 0.1) is 4.90 Å². The van der Waals surface area contributed by atoms with Crippen LogP contribution in [0.15, 0.2) is 34.7 Å². The predicted molar refractivity (Wildman–Crippen MR) is 74.5 cm³/mol. The van der Waals surface area contributed by atoms with E-state index in [-0.39, 0.29) is 10.7 Å². The summed E-state index contributed by atoms with van der Waals surface area (Å²) in [7, 11) is -3.59. The Morgan fingerprint density at radius 3 is 2.95 bits per heavy atom. The van der Waals surface area contributed by atoms with Crippen LogP contribution in [0.25, 0.3) is 0 Å². The molecular weight excluding hydrogens is 284 g/mol. The molecule has 0 radical (unpaired) electrons. The number of hydrogen-bond donors (Lipinski definition) is 2. The molecule has 0 aliphatic rings. The van der Waals surface area contributed by atoms with Crippen LogP contribution in [-0.4, -0.2) is 25.2 Å². The number of nitrogens with one attached hydrogen (secondary N) is 2. The van der Waals surface area contributed by atoms with Gasteiger partial charge in [0.15, 0.2) is 5.82 Å². The van der Waals surface area contributed by atoms with Crippen molar-refractivity contribution in [1.29, 1.82) is 0 Å². The molecule has 102 valence electrons. The van der Waals surface area contributed by atoms with Gasteiger partial charge >= 0.3 is 0 Å². The molecule has 0 aliphatic heterocycles. The number of hydrogen-bond acceptors (Lipinski definition) is 6. The average molecular weight is 298 g/mol. The van der Waals surface area contributed by atoms with E-state index in [0.29, 0.717) is 6.54 Å². The number of aromatic nitrogens is 2. The van der Waals surface area contributed by atoms with Crippen LogP contribution in [0.1, 0.15) is 11.8 Å². The van der Waals surface area contributed by atoms with Crippen LogP contribution in [0, 0.1) is 0 Å². The maximum atomic E-state index is 12.1. The molecule has 2 aromatic heterocycles. The van der Waals surface area contributed by atoms with E-state index in [2.05, 4.69) is 20.2 Å². The first-order valence-corrected chi connectivity index (χ1v) is 8.07. The van der Waals surface area contributed by atoms with E-state index in [1.165, 1.54) is 17.5 Å². The fraction of sp³-hybridized carbons (Fsp3) is 0.273. The van der Waals surface area contributed by atoms with E-state index in [0.717, 1.165) is 11.4 Å². The second-order valence-electron chi connectivity index (χ2n) is 3.74. The SMILES string of the molecule is CCNCc1cc(S(=O)(=O)Nc2cccnn2)cs1. The van der Waals surface area contributed by atoms with Crippen molar-refractivity contribution in [2.24, 2.45) is 0 Å². The molecule has 2 heterocycles. The normalized spacial score (nSPS) is 11.4. The van der Waals surface area contributed by atoms with Gasteiger partial charge in [-0.25, -0.2) is 8.42 Å². The molecule has 0 atom stereocenters. The highest BCUT2D eigenvalue weighted by molar-refractivity contribution is 7.92. The number of nitrogens with zero attached hydrogens (tertiary/aromatic N) is 2. The topological polar surface area (TPSA) is 84.0 Å². The molecule has 0 unspecified atom stereocenters. The first kappa shape index (κ1) is 13.9. The first-order valence-electron chi connectivity index (χ1n) is 5.70. The molecule has 0 bridgehead atoms. The van der Waals surface area contributed by atoms with Crippen molar-refractivity contribution >= 4 is 27.2 Å². The lowest BCUT2D eigenvalue weighted by molar-refractivity contribution is 0.601. The summed E-state index contributed by atoms with van der Waals surface area (Å²) >= 11 is 1.41. The van der Waals surface area contributed by atoms with Crippen LogP contribution in [0.4, 0.5) is 5.82 Å². The van der Waals surface area contributed by atoms with Gasteiger partial charge in [0.25, 0.3) is 10.0 Å². The minimum Gasteiger partial charge on any atom is -0.312 e. The molecule has 0 saturated carbocycles. The predicted octanol–water partition coefficient (Wildman–Crippen LogP) is 1.45. The fourth-order valence-corrected chi connectivity index (χ4v) is 3.64. The number of thiophene rings is 1. The molecule has 6 nitrogen and oxygen atoms in total. The number of rotatable bonds is 6. The summed E-state index contributed by atoms with van der Waals surface area (Å²) in [6.45, 7) is 3.51. The van der Waals surface area contributed by atoms with Crippen molar-refractivity contribution < 1.29 is 8.42 Å². The van der Waals surface area contributed by atoms with Crippen LogP contribution in [0.5, 0.6) is 0 Å². The summed E-state index contributed by atoms with van der Waals surface area (Å²) in [5.74, 6) is 0.210. The largest absolute Gasteiger partial charge is 0.312 e. The Kier molecular flexibility index (Phi) is 4.46. The summed E-state index contributed by atoms with van der Waals surface area (Å²) in [4.78, 5) is 1.22. The maximum Gasteiger partial charge on any atom is 0.263 e. The van der Waals surface area contributed by atoms with Crippen molar-refractivity contribution in [1.82, 2.24) is 15.5 Å². The van der Waals surface area contributed by atoms with Crippen LogP contribution in [0.2, 0.25) is 0 Å². The zero-order valence-corrected chi connectivity index (χ0v) is 12.0. The molecule has 0 aliphatic carbocycles. The van der Waals surface area contributed by atoms with E-state index in [1.54, 1.807) is 23.6 Å². The van der Waals surface area contributed by atoms with E-state index >= 15 is 0 Å². The third-order valence-electron chi connectivity index (χ3n) is 2.30. The summed E-state index contributed by atoms with van der Waals surface area (Å²) in [6.07, 6.45) is 1.48. The van der Waals surface area contributed by atoms with E-state index in [1.807, 2.05) is 6.92 Å². The minimum absolute atomic E-state index is 0.210. The molecule has 2 aromatic rings. The second kappa shape index (κ2) is 6.09. The monoisotopic (exact) mass is 298 g/mol. The Labute approximate surface area is 115 Å². The van der Waals surface area contributed by atoms with Crippen molar-refractivity contribution in [2.45, 2.75) is 18.4 Å². The lowest BCUT2D eigenvalue weighted by Gasteiger charge is -2.03. The standard InChI is InChI=1S/C11H14N4O2S2/c1-2-12-7-9-6-10(8-18-9)19(16,17)15-11-4-3-5-13-14-11/h3-6,8,12H,2,7H2,1H3,(H,14,15). The molecule has 2 rings (SSSR count).